The Labute approximate surface area is 788 Å². The van der Waals surface area contributed by atoms with Gasteiger partial charge in [-0.05, 0) is 184 Å². The maximum Gasteiger partial charge on any atom is 0.317 e. The second-order valence-electron chi connectivity index (χ2n) is 44.8. The molecule has 0 N–H and O–H groups in total. The van der Waals surface area contributed by atoms with E-state index in [1.54, 1.807) is 14.0 Å². The summed E-state index contributed by atoms with van der Waals surface area (Å²) in [5.41, 5.74) is 10.1. The average Bonchev–Trinajstić information content (AvgIpc) is 1.66. The van der Waals surface area contributed by atoms with Gasteiger partial charge in [0.15, 0.2) is 55.6 Å². The highest BCUT2D eigenvalue weighted by molar-refractivity contribution is 5.81. The number of Topliss-reactive ketones (excluding diaryl/α,β-unsaturated/α-hetero) is 1. The van der Waals surface area contributed by atoms with Crippen LogP contribution >= 0.6 is 0 Å². The molecular formula is C106H153N3O24. The van der Waals surface area contributed by atoms with Gasteiger partial charge in [-0.2, -0.15) is 0 Å². The maximum absolute atomic E-state index is 17.1. The third kappa shape index (κ3) is 18.2. The van der Waals surface area contributed by atoms with Crippen LogP contribution in [0.25, 0.3) is 10.4 Å². The third-order valence-electron chi connectivity index (χ3n) is 36.3. The van der Waals surface area contributed by atoms with Gasteiger partial charge in [-0.3, -0.25) is 9.59 Å². The molecule has 133 heavy (non-hydrogen) atoms. The van der Waals surface area contributed by atoms with Gasteiger partial charge in [-0.15, -0.1) is 0 Å². The van der Waals surface area contributed by atoms with Crippen molar-refractivity contribution in [3.8, 4) is 0 Å². The van der Waals surface area contributed by atoms with Crippen LogP contribution in [0.2, 0.25) is 0 Å². The van der Waals surface area contributed by atoms with E-state index < -0.39 is 193 Å². The number of carbonyl (C=O) groups is 3. The summed E-state index contributed by atoms with van der Waals surface area (Å²) in [4.78, 5) is 49.4. The van der Waals surface area contributed by atoms with Gasteiger partial charge in [0, 0.05) is 41.3 Å². The quantitative estimate of drug-likeness (QED) is 0.0124. The van der Waals surface area contributed by atoms with Gasteiger partial charge in [0.2, 0.25) is 6.29 Å². The minimum Gasteiger partial charge on any atom is -0.432 e. The van der Waals surface area contributed by atoms with Gasteiger partial charge >= 0.3 is 5.97 Å². The fourth-order valence-electron chi connectivity index (χ4n) is 27.3. The number of benzene rings is 3. The number of esters is 1. The number of ketones is 1. The molecule has 27 nitrogen and oxygen atoms in total. The molecule has 17 rings (SSSR count). The van der Waals surface area contributed by atoms with Crippen LogP contribution in [-0.2, 0) is 127 Å². The summed E-state index contributed by atoms with van der Waals surface area (Å²) >= 11 is 0. The van der Waals surface area contributed by atoms with Crippen molar-refractivity contribution in [1.29, 1.82) is 0 Å². The van der Waals surface area contributed by atoms with Crippen molar-refractivity contribution in [3.05, 3.63) is 130 Å². The first-order valence-corrected chi connectivity index (χ1v) is 50.3. The Morgan fingerprint density at radius 3 is 1.89 bits per heavy atom. The summed E-state index contributed by atoms with van der Waals surface area (Å²) in [6, 6.07) is 28.8. The predicted molar refractivity (Wildman–Crippen MR) is 490 cm³/mol. The van der Waals surface area contributed by atoms with Crippen molar-refractivity contribution in [2.24, 2.45) is 109 Å². The zero-order valence-electron chi connectivity index (χ0n) is 82.8. The smallest absolute Gasteiger partial charge is 0.317 e. The normalized spacial score (nSPS) is 47.5. The van der Waals surface area contributed by atoms with E-state index in [0.717, 1.165) is 48.7 Å². The first kappa shape index (κ1) is 99.3. The minimum atomic E-state index is -1.43. The number of aldehydes is 1. The molecule has 0 aromatic heterocycles. The molecule has 0 radical (unpaired) electrons. The highest BCUT2D eigenvalue weighted by Crippen LogP contribution is 2.77. The molecule has 0 amide bonds. The molecule has 9 saturated heterocycles. The lowest BCUT2D eigenvalue weighted by Crippen LogP contribution is -2.69. The number of methoxy groups -OCH3 is 1. The van der Waals surface area contributed by atoms with Crippen molar-refractivity contribution in [2.45, 2.75) is 389 Å². The lowest BCUT2D eigenvalue weighted by Gasteiger charge is -2.71. The molecule has 42 atom stereocenters. The molecule has 5 aliphatic carbocycles. The summed E-state index contributed by atoms with van der Waals surface area (Å²) in [5, 5.41) is 4.45. The Bertz CT molecular complexity index is 4560. The van der Waals surface area contributed by atoms with E-state index in [0.29, 0.717) is 75.9 Å². The molecule has 9 aliphatic heterocycles. The highest BCUT2D eigenvalue weighted by atomic mass is 16.8. The fourth-order valence-corrected chi connectivity index (χ4v) is 27.3. The van der Waals surface area contributed by atoms with E-state index in [-0.39, 0.29) is 90.1 Å². The van der Waals surface area contributed by atoms with Crippen LogP contribution in [-0.4, -0.2) is 205 Å². The average molecular weight is 1850 g/mol. The first-order valence-electron chi connectivity index (χ1n) is 50.3. The fraction of sp³-hybridized carbons (Fsp3) is 0.783. The molecule has 3 aromatic rings. The number of ether oxygens (including phenoxy) is 21. The zero-order chi connectivity index (χ0) is 94.6. The lowest BCUT2D eigenvalue weighted by atomic mass is 9.33. The lowest BCUT2D eigenvalue weighted by molar-refractivity contribution is -0.374. The molecule has 9 heterocycles. The second kappa shape index (κ2) is 39.3. The largest absolute Gasteiger partial charge is 0.432 e. The molecule has 18 unspecified atom stereocenters. The summed E-state index contributed by atoms with van der Waals surface area (Å²) in [7, 11) is 1.74. The number of allylic oxidation sites excluding steroid dienone is 2. The number of hydrogen-bond donors (Lipinski definition) is 0. The van der Waals surface area contributed by atoms with Crippen LogP contribution in [0, 0.1) is 104 Å². The highest BCUT2D eigenvalue weighted by Gasteiger charge is 2.74. The Kier molecular flexibility index (Phi) is 29.3. The molecule has 0 spiro atoms. The third-order valence-corrected chi connectivity index (χ3v) is 36.3. The molecule has 27 heteroatoms. The molecule has 13 fully saturated rings. The van der Waals surface area contributed by atoms with Crippen molar-refractivity contribution in [1.82, 2.24) is 0 Å². The molecule has 736 valence electrons. The SMILES string of the molecule is CCC1O[C@@H](OC2[C@H](O[C@H]3CCC4(C)C5CC=C6C7CC(C)(C)CC[C@]7(C(=O)O[C@@H]7OC(COCc8ccccc8)[C@H](N=[N+]=[N-])C(C)C7O[C@@H]7OC(C)[C@H](O[C@@H]8OC[C@@H](OCc9ccccc9)C(O[C@@H]9OC[C@]%10(CC)O[C@@H](c%11ccccc%11)OC9%10)C8C)C8OC(C)(C)OC87)C(OC)C[C@@]6(C)[C@@]5(C)CC[C@H]4[C@@]3(C)C=O)OC(C(C)=O)[C@@H](C)[C@@H]2O[C@@H]2OC[C@@H](C)[C@H](C)C2C)C(C)[C@@H](C)[C@H]1C. The van der Waals surface area contributed by atoms with E-state index >= 15 is 4.79 Å². The summed E-state index contributed by atoms with van der Waals surface area (Å²) < 4.78 is 147. The summed E-state index contributed by atoms with van der Waals surface area (Å²) in [6.07, 6.45) is -7.30. The Balaban J connectivity index is 0.646. The number of fused-ring (bicyclic) bond motifs is 9. The Morgan fingerprint density at radius 2 is 1.21 bits per heavy atom. The number of carbonyl (C=O) groups excluding carboxylic acids is 3. The number of hydrogen-bond acceptors (Lipinski definition) is 25. The van der Waals surface area contributed by atoms with Crippen LogP contribution in [0.1, 0.15) is 239 Å². The van der Waals surface area contributed by atoms with Crippen molar-refractivity contribution < 1.29 is 114 Å². The number of rotatable bonds is 28. The van der Waals surface area contributed by atoms with Crippen molar-refractivity contribution >= 4 is 18.0 Å². The van der Waals surface area contributed by atoms with Crippen molar-refractivity contribution in [2.75, 3.05) is 33.5 Å². The van der Waals surface area contributed by atoms with Crippen LogP contribution in [0.15, 0.2) is 108 Å². The number of nitrogens with zero attached hydrogens (tertiary/aromatic N) is 3. The van der Waals surface area contributed by atoms with Crippen molar-refractivity contribution in [3.63, 3.8) is 0 Å². The standard InChI is InChI=1S/C106H153N3O24/c1-23-73-60(6)59(5)62(8)92(120-73)128-87-83(125-90-61(7)58(4)57(3)50-116-90)64(10)81(66(12)111)123-95(87)122-78-43-44-101(18)76(102(78,19)55-110)42-45-103(20)77(101)41-40-71-72-48-99(14,15)46-47-106(72,79(113-22)49-104(71,103)21)98(112)130-94-84(63(9)80(108-109-107)74(121-94)53-114-51-68-34-28-25-29-35-68)126-96-88-86(131-100(16,17)132-88)85(67(13)119-96)127-91-65(11)82(75(54-117-91)115-52-69-36-30-26-31-37-69)124-97-89-105(24-2,56-118-97)133-93(129-89)70-38-32-27-33-39-70/h25-40,55,57-65,67,72-97H,23-24,41-54,56H2,1-22H3/t57-,58+,59+,60-,61?,62?,63?,64-,65?,67?,72?,73?,74?,75-,76-,77?,78+,79?,80-,81?,82?,83+,84?,85+,86?,87?,88?,89?,90+,91+,92+,93+,94+,95-,96+,97+,101?,102-,103+,104-,105+,106-/m1/s1. The molecule has 14 aliphatic rings. The molecular weight excluding hydrogens is 1700 g/mol. The van der Waals surface area contributed by atoms with E-state index in [1.165, 1.54) is 5.57 Å². The van der Waals surface area contributed by atoms with E-state index in [2.05, 4.69) is 113 Å². The first-order chi connectivity index (χ1) is 63.4. The van der Waals surface area contributed by atoms with Crippen LogP contribution in [0.4, 0.5) is 0 Å². The van der Waals surface area contributed by atoms with Crippen LogP contribution in [0.5, 0.6) is 0 Å². The molecule has 0 bridgehead atoms. The second-order valence-corrected chi connectivity index (χ2v) is 44.8. The Morgan fingerprint density at radius 1 is 0.564 bits per heavy atom. The minimum absolute atomic E-state index is 0.00279. The Hall–Kier alpha value is -5.28. The van der Waals surface area contributed by atoms with E-state index in [1.807, 2.05) is 133 Å². The predicted octanol–water partition coefficient (Wildman–Crippen LogP) is 18.4. The van der Waals surface area contributed by atoms with Crippen LogP contribution < -0.4 is 0 Å². The van der Waals surface area contributed by atoms with Gasteiger partial charge in [-0.25, -0.2) is 0 Å². The topological polar surface area (TPSA) is 294 Å². The van der Waals surface area contributed by atoms with Gasteiger partial charge in [-0.1, -0.05) is 225 Å². The molecule has 3 aromatic carbocycles. The summed E-state index contributed by atoms with van der Waals surface area (Å²) in [6.45, 7) is 46.2. The van der Waals surface area contributed by atoms with E-state index in [4.69, 9.17) is 99.5 Å². The van der Waals surface area contributed by atoms with E-state index in [9.17, 15) is 15.1 Å². The number of azide groups is 1. The van der Waals surface area contributed by atoms with Gasteiger partial charge in [0.25, 0.3) is 0 Å². The zero-order valence-corrected chi connectivity index (χ0v) is 82.8. The summed E-state index contributed by atoms with van der Waals surface area (Å²) in [5.74, 6) is -2.61. The van der Waals surface area contributed by atoms with Gasteiger partial charge in [0.05, 0.1) is 93.8 Å². The van der Waals surface area contributed by atoms with Gasteiger partial charge in [0.1, 0.15) is 66.1 Å². The maximum atomic E-state index is 17.1. The monoisotopic (exact) mass is 1850 g/mol. The van der Waals surface area contributed by atoms with Gasteiger partial charge < -0.3 is 104 Å². The van der Waals surface area contributed by atoms with Crippen LogP contribution in [0.3, 0.4) is 0 Å². The molecule has 4 saturated carbocycles.